The summed E-state index contributed by atoms with van der Waals surface area (Å²) >= 11 is 7.41. The van der Waals surface area contributed by atoms with Crippen molar-refractivity contribution in [2.75, 3.05) is 18.9 Å². The number of thioether (sulfide) groups is 1. The fraction of sp³-hybridized carbons (Fsp3) is 0.300. The van der Waals surface area contributed by atoms with E-state index in [0.29, 0.717) is 11.6 Å². The summed E-state index contributed by atoms with van der Waals surface area (Å²) in [6.45, 7) is 0.665. The third-order valence-electron chi connectivity index (χ3n) is 2.15. The quantitative estimate of drug-likeness (QED) is 0.833. The summed E-state index contributed by atoms with van der Waals surface area (Å²) in [5, 5.41) is 6.43. The molecule has 15 heavy (non-hydrogen) atoms. The number of amides is 1. The Morgan fingerprint density at radius 1 is 1.60 bits per heavy atom. The molecular weight excluding hydrogens is 232 g/mol. The first-order chi connectivity index (χ1) is 7.20. The van der Waals surface area contributed by atoms with Crippen LogP contribution >= 0.6 is 23.4 Å². The van der Waals surface area contributed by atoms with Crippen molar-refractivity contribution in [1.29, 1.82) is 0 Å². The van der Waals surface area contributed by atoms with Gasteiger partial charge in [-0.2, -0.15) is 0 Å². The van der Waals surface area contributed by atoms with E-state index in [2.05, 4.69) is 10.6 Å². The molecule has 0 saturated carbocycles. The fourth-order valence-corrected chi connectivity index (χ4v) is 2.72. The van der Waals surface area contributed by atoms with Crippen LogP contribution in [0.2, 0.25) is 5.02 Å². The molecule has 1 aromatic rings. The Kier molecular flexibility index (Phi) is 3.19. The van der Waals surface area contributed by atoms with Crippen molar-refractivity contribution in [2.24, 2.45) is 0 Å². The van der Waals surface area contributed by atoms with Crippen LogP contribution in [-0.4, -0.2) is 24.7 Å². The Hall–Kier alpha value is -0.710. The van der Waals surface area contributed by atoms with Crippen molar-refractivity contribution < 1.29 is 4.79 Å². The van der Waals surface area contributed by atoms with E-state index in [1.54, 1.807) is 17.8 Å². The van der Waals surface area contributed by atoms with Gasteiger partial charge in [-0.25, -0.2) is 0 Å². The van der Waals surface area contributed by atoms with Gasteiger partial charge in [-0.05, 0) is 25.2 Å². The summed E-state index contributed by atoms with van der Waals surface area (Å²) in [5.74, 6) is 0.0316. The topological polar surface area (TPSA) is 41.1 Å². The molecular formula is C10H11ClN2OS. The van der Waals surface area contributed by atoms with Crippen LogP contribution in [0.1, 0.15) is 0 Å². The second-order valence-electron chi connectivity index (χ2n) is 3.29. The van der Waals surface area contributed by atoms with Gasteiger partial charge in [0.2, 0.25) is 5.91 Å². The standard InChI is InChI=1S/C10H11ClN2OS/c1-12-5-9-10(14)13-7-4-6(11)2-3-8(7)15-9/h2-4,9,12H,5H2,1H3,(H,13,14). The second-order valence-corrected chi connectivity index (χ2v) is 4.97. The molecule has 0 bridgehead atoms. The van der Waals surface area contributed by atoms with Gasteiger partial charge in [0.1, 0.15) is 5.25 Å². The molecule has 1 amide bonds. The minimum absolute atomic E-state index is 0.0316. The first kappa shape index (κ1) is 10.8. The average Bonchev–Trinajstić information content (AvgIpc) is 2.20. The van der Waals surface area contributed by atoms with E-state index in [1.807, 2.05) is 19.2 Å². The molecule has 1 heterocycles. The summed E-state index contributed by atoms with van der Waals surface area (Å²) in [7, 11) is 1.84. The maximum atomic E-state index is 11.6. The van der Waals surface area contributed by atoms with E-state index in [0.717, 1.165) is 10.6 Å². The molecule has 0 radical (unpaired) electrons. The third-order valence-corrected chi connectivity index (χ3v) is 3.66. The van der Waals surface area contributed by atoms with Gasteiger partial charge in [0.15, 0.2) is 0 Å². The summed E-state index contributed by atoms with van der Waals surface area (Å²) in [6, 6.07) is 5.54. The van der Waals surface area contributed by atoms with Crippen LogP contribution in [0.25, 0.3) is 0 Å². The van der Waals surface area contributed by atoms with Crippen molar-refractivity contribution in [3.63, 3.8) is 0 Å². The lowest BCUT2D eigenvalue weighted by molar-refractivity contribution is -0.115. The SMILES string of the molecule is CNCC1Sc2ccc(Cl)cc2NC1=O. The normalized spacial score (nSPS) is 19.6. The molecule has 3 nitrogen and oxygen atoms in total. The maximum absolute atomic E-state index is 11.6. The number of carbonyl (C=O) groups is 1. The van der Waals surface area contributed by atoms with Gasteiger partial charge in [0.05, 0.1) is 5.69 Å². The first-order valence-electron chi connectivity index (χ1n) is 4.62. The smallest absolute Gasteiger partial charge is 0.239 e. The predicted octanol–water partition coefficient (Wildman–Crippen LogP) is 1.97. The highest BCUT2D eigenvalue weighted by molar-refractivity contribution is 8.01. The molecule has 0 fully saturated rings. The van der Waals surface area contributed by atoms with Crippen LogP contribution in [0.3, 0.4) is 0 Å². The van der Waals surface area contributed by atoms with Gasteiger partial charge in [-0.1, -0.05) is 11.6 Å². The van der Waals surface area contributed by atoms with Gasteiger partial charge in [-0.15, -0.1) is 11.8 Å². The molecule has 5 heteroatoms. The van der Waals surface area contributed by atoms with Crippen molar-refractivity contribution in [1.82, 2.24) is 5.32 Å². The number of nitrogens with one attached hydrogen (secondary N) is 2. The van der Waals surface area contributed by atoms with Crippen LogP contribution in [0, 0.1) is 0 Å². The van der Waals surface area contributed by atoms with Crippen LogP contribution in [0.4, 0.5) is 5.69 Å². The lowest BCUT2D eigenvalue weighted by Crippen LogP contribution is -2.35. The summed E-state index contributed by atoms with van der Waals surface area (Å²) in [5.41, 5.74) is 0.810. The Bertz CT molecular complexity index is 397. The largest absolute Gasteiger partial charge is 0.324 e. The zero-order valence-corrected chi connectivity index (χ0v) is 9.78. The maximum Gasteiger partial charge on any atom is 0.239 e. The number of carbonyl (C=O) groups excluding carboxylic acids is 1. The molecule has 0 saturated heterocycles. The van der Waals surface area contributed by atoms with E-state index in [1.165, 1.54) is 0 Å². The van der Waals surface area contributed by atoms with Gasteiger partial charge < -0.3 is 10.6 Å². The number of anilines is 1. The minimum atomic E-state index is -0.0660. The molecule has 0 spiro atoms. The van der Waals surface area contributed by atoms with Gasteiger partial charge in [0.25, 0.3) is 0 Å². The lowest BCUT2D eigenvalue weighted by Gasteiger charge is -2.23. The molecule has 2 N–H and O–H groups in total. The number of rotatable bonds is 2. The second kappa shape index (κ2) is 4.43. The summed E-state index contributed by atoms with van der Waals surface area (Å²) in [6.07, 6.45) is 0. The number of hydrogen-bond donors (Lipinski definition) is 2. The van der Waals surface area contributed by atoms with Crippen LogP contribution in [-0.2, 0) is 4.79 Å². The fourth-order valence-electron chi connectivity index (χ4n) is 1.44. The lowest BCUT2D eigenvalue weighted by atomic mass is 10.3. The summed E-state index contributed by atoms with van der Waals surface area (Å²) in [4.78, 5) is 12.7. The molecule has 80 valence electrons. The van der Waals surface area contributed by atoms with Crippen LogP contribution in [0.5, 0.6) is 0 Å². The molecule has 1 aromatic carbocycles. The number of fused-ring (bicyclic) bond motifs is 1. The van der Waals surface area contributed by atoms with Crippen LogP contribution < -0.4 is 10.6 Å². The van der Waals surface area contributed by atoms with E-state index < -0.39 is 0 Å². The highest BCUT2D eigenvalue weighted by Crippen LogP contribution is 2.36. The highest BCUT2D eigenvalue weighted by Gasteiger charge is 2.26. The van der Waals surface area contributed by atoms with E-state index in [9.17, 15) is 4.79 Å². The van der Waals surface area contributed by atoms with Crippen molar-refractivity contribution in [2.45, 2.75) is 10.1 Å². The minimum Gasteiger partial charge on any atom is -0.324 e. The molecule has 0 aromatic heterocycles. The molecule has 1 aliphatic rings. The van der Waals surface area contributed by atoms with Crippen molar-refractivity contribution >= 4 is 35.0 Å². The molecule has 2 rings (SSSR count). The molecule has 1 aliphatic heterocycles. The predicted molar refractivity (Wildman–Crippen MR) is 63.7 cm³/mol. The van der Waals surface area contributed by atoms with Gasteiger partial charge in [-0.3, -0.25) is 4.79 Å². The van der Waals surface area contributed by atoms with E-state index in [4.69, 9.17) is 11.6 Å². The number of hydrogen-bond acceptors (Lipinski definition) is 3. The van der Waals surface area contributed by atoms with Gasteiger partial charge >= 0.3 is 0 Å². The molecule has 1 atom stereocenters. The highest BCUT2D eigenvalue weighted by atomic mass is 35.5. The first-order valence-corrected chi connectivity index (χ1v) is 5.88. The Labute approximate surface area is 97.6 Å². The van der Waals surface area contributed by atoms with E-state index in [-0.39, 0.29) is 11.2 Å². The monoisotopic (exact) mass is 242 g/mol. The number of halogens is 1. The zero-order chi connectivity index (χ0) is 10.8. The van der Waals surface area contributed by atoms with E-state index >= 15 is 0 Å². The van der Waals surface area contributed by atoms with Crippen molar-refractivity contribution in [3.05, 3.63) is 23.2 Å². The Morgan fingerprint density at radius 2 is 2.40 bits per heavy atom. The Balaban J connectivity index is 2.26. The molecule has 1 unspecified atom stereocenters. The zero-order valence-electron chi connectivity index (χ0n) is 8.21. The van der Waals surface area contributed by atoms with Crippen molar-refractivity contribution in [3.8, 4) is 0 Å². The Morgan fingerprint density at radius 3 is 3.13 bits per heavy atom. The number of benzene rings is 1. The molecule has 0 aliphatic carbocycles. The summed E-state index contributed by atoms with van der Waals surface area (Å²) < 4.78 is 0. The van der Waals surface area contributed by atoms with Gasteiger partial charge in [0, 0.05) is 16.5 Å². The average molecular weight is 243 g/mol. The van der Waals surface area contributed by atoms with Crippen LogP contribution in [0.15, 0.2) is 23.1 Å². The third kappa shape index (κ3) is 2.27.